The van der Waals surface area contributed by atoms with Gasteiger partial charge in [-0.25, -0.2) is 4.98 Å². The van der Waals surface area contributed by atoms with Gasteiger partial charge in [-0.05, 0) is 25.5 Å². The molecule has 0 aliphatic heterocycles. The lowest BCUT2D eigenvalue weighted by Gasteiger charge is -2.21. The van der Waals surface area contributed by atoms with Gasteiger partial charge in [0.2, 0.25) is 5.89 Å². The fourth-order valence-corrected chi connectivity index (χ4v) is 2.52. The van der Waals surface area contributed by atoms with Crippen LogP contribution in [0.15, 0.2) is 28.2 Å². The number of hydrogen-bond donors (Lipinski definition) is 1. The Labute approximate surface area is 127 Å². The van der Waals surface area contributed by atoms with Crippen LogP contribution in [-0.4, -0.2) is 59.6 Å². The molecule has 2 aromatic rings. The van der Waals surface area contributed by atoms with Gasteiger partial charge in [-0.3, -0.25) is 9.69 Å². The van der Waals surface area contributed by atoms with Crippen molar-refractivity contribution in [2.24, 2.45) is 0 Å². The van der Waals surface area contributed by atoms with Crippen LogP contribution < -0.4 is 0 Å². The Kier molecular flexibility index (Phi) is 5.49. The molecule has 0 aliphatic rings. The Bertz CT molecular complexity index is 566. The van der Waals surface area contributed by atoms with Crippen molar-refractivity contribution < 1.29 is 14.3 Å². The Hall–Kier alpha value is -1.70. The average Bonchev–Trinajstić information content (AvgIpc) is 3.05. The number of likely N-dealkylation sites (N-methyl/N-ethyl adjacent to an activating group) is 1. The maximum Gasteiger partial charge on any atom is 0.317 e. The lowest BCUT2D eigenvalue weighted by atomic mass is 10.3. The van der Waals surface area contributed by atoms with Crippen LogP contribution in [0.25, 0.3) is 10.8 Å². The monoisotopic (exact) mass is 309 g/mol. The number of oxazole rings is 1. The van der Waals surface area contributed by atoms with E-state index in [0.29, 0.717) is 19.0 Å². The molecule has 0 spiro atoms. The van der Waals surface area contributed by atoms with Crippen molar-refractivity contribution in [1.29, 1.82) is 0 Å². The number of aromatic nitrogens is 1. The predicted molar refractivity (Wildman–Crippen MR) is 81.3 cm³/mol. The van der Waals surface area contributed by atoms with Crippen LogP contribution in [0.3, 0.4) is 0 Å². The largest absolute Gasteiger partial charge is 0.480 e. The van der Waals surface area contributed by atoms with Crippen LogP contribution in [0.1, 0.15) is 5.69 Å². The number of carbonyl (C=O) groups is 1. The van der Waals surface area contributed by atoms with Crippen molar-refractivity contribution in [2.45, 2.75) is 6.54 Å². The fraction of sp³-hybridized carbons (Fsp3) is 0.429. The third kappa shape index (κ3) is 4.96. The summed E-state index contributed by atoms with van der Waals surface area (Å²) in [5.74, 6) is -0.251. The summed E-state index contributed by atoms with van der Waals surface area (Å²) in [6, 6.07) is 3.89. The number of carboxylic acids is 1. The highest BCUT2D eigenvalue weighted by Gasteiger charge is 2.14. The predicted octanol–water partition coefficient (Wildman–Crippen LogP) is 1.85. The molecule has 114 valence electrons. The maximum absolute atomic E-state index is 10.9. The van der Waals surface area contributed by atoms with Crippen LogP contribution in [0, 0.1) is 0 Å². The van der Waals surface area contributed by atoms with Gasteiger partial charge in [0, 0.05) is 19.6 Å². The van der Waals surface area contributed by atoms with Crippen LogP contribution in [-0.2, 0) is 11.3 Å². The maximum atomic E-state index is 10.9. The van der Waals surface area contributed by atoms with Crippen molar-refractivity contribution in [3.8, 4) is 10.8 Å². The van der Waals surface area contributed by atoms with Gasteiger partial charge in [-0.15, -0.1) is 11.3 Å². The minimum Gasteiger partial charge on any atom is -0.480 e. The summed E-state index contributed by atoms with van der Waals surface area (Å²) in [5, 5.41) is 11.0. The highest BCUT2D eigenvalue weighted by Crippen LogP contribution is 2.23. The van der Waals surface area contributed by atoms with Gasteiger partial charge < -0.3 is 14.4 Å². The first-order chi connectivity index (χ1) is 10.0. The lowest BCUT2D eigenvalue weighted by Crippen LogP contribution is -2.35. The average molecular weight is 309 g/mol. The zero-order valence-electron chi connectivity index (χ0n) is 12.2. The van der Waals surface area contributed by atoms with E-state index < -0.39 is 5.97 Å². The van der Waals surface area contributed by atoms with Gasteiger partial charge in [-0.2, -0.15) is 0 Å². The number of rotatable bonds is 8. The van der Waals surface area contributed by atoms with Crippen molar-refractivity contribution in [3.05, 3.63) is 29.5 Å². The van der Waals surface area contributed by atoms with Gasteiger partial charge in [-0.1, -0.05) is 6.07 Å². The molecule has 0 bridgehead atoms. The summed E-state index contributed by atoms with van der Waals surface area (Å²) in [5.41, 5.74) is 0.749. The first-order valence-corrected chi connectivity index (χ1v) is 7.49. The Balaban J connectivity index is 2.00. The lowest BCUT2D eigenvalue weighted by molar-refractivity contribution is -0.138. The number of nitrogens with zero attached hydrogens (tertiary/aromatic N) is 3. The summed E-state index contributed by atoms with van der Waals surface area (Å²) in [6.07, 6.45) is 1.60. The zero-order chi connectivity index (χ0) is 15.2. The topological polar surface area (TPSA) is 69.8 Å². The van der Waals surface area contributed by atoms with E-state index in [1.54, 1.807) is 17.6 Å². The summed E-state index contributed by atoms with van der Waals surface area (Å²) >= 11 is 1.56. The summed E-state index contributed by atoms with van der Waals surface area (Å²) in [6.45, 7) is 1.92. The molecule has 6 nitrogen and oxygen atoms in total. The van der Waals surface area contributed by atoms with Crippen molar-refractivity contribution in [3.63, 3.8) is 0 Å². The molecule has 0 radical (unpaired) electrons. The second-order valence-electron chi connectivity index (χ2n) is 5.03. The molecule has 0 saturated carbocycles. The molecule has 21 heavy (non-hydrogen) atoms. The minimum atomic E-state index is -0.837. The van der Waals surface area contributed by atoms with Crippen LogP contribution in [0.2, 0.25) is 0 Å². The fourth-order valence-electron chi connectivity index (χ4n) is 1.87. The molecule has 0 aromatic carbocycles. The Morgan fingerprint density at radius 1 is 1.43 bits per heavy atom. The SMILES string of the molecule is CN(C)CCN(CC(=O)O)Cc1coc(-c2cccs2)n1. The second-order valence-corrected chi connectivity index (χ2v) is 5.98. The van der Waals surface area contributed by atoms with Gasteiger partial charge in [0.15, 0.2) is 0 Å². The van der Waals surface area contributed by atoms with Crippen molar-refractivity contribution >= 4 is 17.3 Å². The molecule has 0 amide bonds. The van der Waals surface area contributed by atoms with Crippen LogP contribution in [0.5, 0.6) is 0 Å². The standard InChI is InChI=1S/C14H19N3O3S/c1-16(2)5-6-17(9-13(18)19)8-11-10-20-14(15-11)12-4-3-7-21-12/h3-4,7,10H,5-6,8-9H2,1-2H3,(H,18,19). The minimum absolute atomic E-state index is 0.00493. The van der Waals surface area contributed by atoms with E-state index in [2.05, 4.69) is 4.98 Å². The van der Waals surface area contributed by atoms with Crippen LogP contribution in [0.4, 0.5) is 0 Å². The highest BCUT2D eigenvalue weighted by atomic mass is 32.1. The molecule has 1 N–H and O–H groups in total. The summed E-state index contributed by atoms with van der Waals surface area (Å²) in [4.78, 5) is 20.2. The molecular formula is C14H19N3O3S. The first kappa shape index (κ1) is 15.7. The van der Waals surface area contributed by atoms with Crippen molar-refractivity contribution in [1.82, 2.24) is 14.8 Å². The Morgan fingerprint density at radius 2 is 2.24 bits per heavy atom. The van der Waals surface area contributed by atoms with E-state index in [1.807, 2.05) is 41.4 Å². The van der Waals surface area contributed by atoms with E-state index in [9.17, 15) is 4.79 Å². The zero-order valence-corrected chi connectivity index (χ0v) is 13.0. The number of hydrogen-bond acceptors (Lipinski definition) is 6. The van der Waals surface area contributed by atoms with Gasteiger partial charge in [0.05, 0.1) is 17.1 Å². The molecule has 2 rings (SSSR count). The molecule has 0 saturated heterocycles. The first-order valence-electron chi connectivity index (χ1n) is 6.62. The third-order valence-corrected chi connectivity index (χ3v) is 3.75. The highest BCUT2D eigenvalue weighted by molar-refractivity contribution is 7.13. The normalized spacial score (nSPS) is 11.4. The van der Waals surface area contributed by atoms with Gasteiger partial charge >= 0.3 is 5.97 Å². The van der Waals surface area contributed by atoms with E-state index in [4.69, 9.17) is 9.52 Å². The molecule has 0 unspecified atom stereocenters. The molecule has 0 fully saturated rings. The van der Waals surface area contributed by atoms with E-state index in [1.165, 1.54) is 0 Å². The number of aliphatic carboxylic acids is 1. The number of carboxylic acid groups (broad SMARTS) is 1. The van der Waals surface area contributed by atoms with E-state index in [-0.39, 0.29) is 6.54 Å². The molecule has 2 heterocycles. The Morgan fingerprint density at radius 3 is 2.86 bits per heavy atom. The quantitative estimate of drug-likeness (QED) is 0.802. The van der Waals surface area contributed by atoms with Crippen molar-refractivity contribution in [2.75, 3.05) is 33.7 Å². The molecule has 2 aromatic heterocycles. The van der Waals surface area contributed by atoms with E-state index >= 15 is 0 Å². The van der Waals surface area contributed by atoms with Gasteiger partial charge in [0.25, 0.3) is 0 Å². The smallest absolute Gasteiger partial charge is 0.317 e. The summed E-state index contributed by atoms with van der Waals surface area (Å²) in [7, 11) is 3.92. The summed E-state index contributed by atoms with van der Waals surface area (Å²) < 4.78 is 5.46. The third-order valence-electron chi connectivity index (χ3n) is 2.89. The molecule has 0 aliphatic carbocycles. The molecular weight excluding hydrogens is 290 g/mol. The van der Waals surface area contributed by atoms with E-state index in [0.717, 1.165) is 17.1 Å². The molecule has 7 heteroatoms. The van der Waals surface area contributed by atoms with Gasteiger partial charge in [0.1, 0.15) is 6.26 Å². The van der Waals surface area contributed by atoms with Crippen LogP contribution >= 0.6 is 11.3 Å². The second kappa shape index (κ2) is 7.35. The molecule has 0 atom stereocenters. The number of thiophene rings is 1.